The summed E-state index contributed by atoms with van der Waals surface area (Å²) < 4.78 is 4.57. The molecule has 0 aliphatic rings. The number of carbonyl (C=O) groups is 1. The van der Waals surface area contributed by atoms with Gasteiger partial charge in [0.25, 0.3) is 0 Å². The Morgan fingerprint density at radius 3 is 2.78 bits per heavy atom. The van der Waals surface area contributed by atoms with Crippen LogP contribution in [0.25, 0.3) is 0 Å². The second kappa shape index (κ2) is 5.72. The summed E-state index contributed by atoms with van der Waals surface area (Å²) in [6, 6.07) is 0. The van der Waals surface area contributed by atoms with Gasteiger partial charge in [0, 0.05) is 20.1 Å². The summed E-state index contributed by atoms with van der Waals surface area (Å²) >= 11 is 0. The number of hydrogen-bond acceptors (Lipinski definition) is 3. The first-order valence-electron chi connectivity index (χ1n) is 2.92. The van der Waals surface area contributed by atoms with Crippen molar-refractivity contribution in [3.8, 4) is 0 Å². The van der Waals surface area contributed by atoms with E-state index in [0.717, 1.165) is 0 Å². The van der Waals surface area contributed by atoms with Crippen molar-refractivity contribution in [1.29, 1.82) is 0 Å². The zero-order valence-corrected chi connectivity index (χ0v) is 5.59. The molecule has 0 aliphatic heterocycles. The Morgan fingerprint density at radius 1 is 1.67 bits per heavy atom. The van der Waals surface area contributed by atoms with Gasteiger partial charge in [0.05, 0.1) is 0 Å². The van der Waals surface area contributed by atoms with Gasteiger partial charge >= 0.3 is 0 Å². The highest BCUT2D eigenvalue weighted by molar-refractivity contribution is 5.79. The molecular formula is C6H12O3. The van der Waals surface area contributed by atoms with Gasteiger partial charge in [-0.05, 0) is 6.42 Å². The van der Waals surface area contributed by atoms with E-state index in [1.807, 2.05) is 0 Å². The lowest BCUT2D eigenvalue weighted by Crippen LogP contribution is -2.06. The summed E-state index contributed by atoms with van der Waals surface area (Å²) in [5.74, 6) is 0.0477. The lowest BCUT2D eigenvalue weighted by molar-refractivity contribution is -0.122. The van der Waals surface area contributed by atoms with Crippen LogP contribution >= 0.6 is 0 Å². The van der Waals surface area contributed by atoms with Crippen molar-refractivity contribution in [3.05, 3.63) is 0 Å². The fourth-order valence-corrected chi connectivity index (χ4v) is 0.509. The van der Waals surface area contributed by atoms with Crippen molar-refractivity contribution < 1.29 is 14.6 Å². The van der Waals surface area contributed by atoms with Crippen LogP contribution < -0.4 is 0 Å². The van der Waals surface area contributed by atoms with Gasteiger partial charge in [0.2, 0.25) is 0 Å². The van der Waals surface area contributed by atoms with Gasteiger partial charge in [0.15, 0.2) is 5.78 Å². The minimum absolute atomic E-state index is 0.0477. The summed E-state index contributed by atoms with van der Waals surface area (Å²) in [5, 5.41) is 8.29. The van der Waals surface area contributed by atoms with E-state index in [4.69, 9.17) is 5.11 Å². The van der Waals surface area contributed by atoms with Gasteiger partial charge in [-0.15, -0.1) is 0 Å². The van der Waals surface area contributed by atoms with Crippen molar-refractivity contribution in [2.24, 2.45) is 0 Å². The molecule has 0 aromatic carbocycles. The third-order valence-corrected chi connectivity index (χ3v) is 0.919. The van der Waals surface area contributed by atoms with Crippen LogP contribution in [0.2, 0.25) is 0 Å². The minimum atomic E-state index is 0.0477. The van der Waals surface area contributed by atoms with Crippen LogP contribution in [0.4, 0.5) is 0 Å². The molecule has 3 nitrogen and oxygen atoms in total. The molecule has 3 heteroatoms. The number of aliphatic hydroxyl groups is 1. The number of Topliss-reactive ketones (excluding diaryl/α,β-unsaturated/α-hetero) is 1. The van der Waals surface area contributed by atoms with Crippen molar-refractivity contribution >= 4 is 5.78 Å². The Hall–Kier alpha value is -0.410. The summed E-state index contributed by atoms with van der Waals surface area (Å²) in [4.78, 5) is 10.6. The first-order chi connectivity index (χ1) is 4.31. The molecule has 0 aromatic rings. The molecule has 0 amide bonds. The largest absolute Gasteiger partial charge is 0.396 e. The van der Waals surface area contributed by atoms with E-state index < -0.39 is 0 Å². The fourth-order valence-electron chi connectivity index (χ4n) is 0.509. The second-order valence-electron chi connectivity index (χ2n) is 1.80. The van der Waals surface area contributed by atoms with Crippen molar-refractivity contribution in [1.82, 2.24) is 0 Å². The molecule has 0 atom stereocenters. The molecule has 0 heterocycles. The van der Waals surface area contributed by atoms with Crippen LogP contribution in [0.1, 0.15) is 12.8 Å². The molecule has 0 rings (SSSR count). The SMILES string of the molecule is COCC(=O)CCCO. The number of aliphatic hydroxyl groups excluding tert-OH is 1. The molecule has 0 aliphatic carbocycles. The number of ether oxygens (including phenoxy) is 1. The summed E-state index contributed by atoms with van der Waals surface area (Å²) in [6.07, 6.45) is 0.965. The Bertz CT molecular complexity index is 80.4. The number of ketones is 1. The standard InChI is InChI=1S/C6H12O3/c1-9-5-6(8)3-2-4-7/h7H,2-5H2,1H3. The van der Waals surface area contributed by atoms with Crippen LogP contribution in [-0.2, 0) is 9.53 Å². The van der Waals surface area contributed by atoms with Gasteiger partial charge in [-0.3, -0.25) is 4.79 Å². The third-order valence-electron chi connectivity index (χ3n) is 0.919. The number of methoxy groups -OCH3 is 1. The number of rotatable bonds is 5. The van der Waals surface area contributed by atoms with Crippen molar-refractivity contribution in [2.45, 2.75) is 12.8 Å². The van der Waals surface area contributed by atoms with Crippen LogP contribution in [0.5, 0.6) is 0 Å². The average Bonchev–Trinajstić information content (AvgIpc) is 1.85. The lowest BCUT2D eigenvalue weighted by Gasteiger charge is -1.95. The van der Waals surface area contributed by atoms with E-state index in [9.17, 15) is 4.79 Å². The normalized spacial score (nSPS) is 9.56. The molecule has 0 unspecified atom stereocenters. The molecule has 0 aromatic heterocycles. The molecule has 0 radical (unpaired) electrons. The van der Waals surface area contributed by atoms with Gasteiger partial charge in [-0.1, -0.05) is 0 Å². The summed E-state index contributed by atoms with van der Waals surface area (Å²) in [6.45, 7) is 0.245. The first kappa shape index (κ1) is 8.59. The maximum Gasteiger partial charge on any atom is 0.158 e. The van der Waals surface area contributed by atoms with E-state index in [1.165, 1.54) is 7.11 Å². The van der Waals surface area contributed by atoms with Gasteiger partial charge in [-0.2, -0.15) is 0 Å². The van der Waals surface area contributed by atoms with Gasteiger partial charge in [0.1, 0.15) is 6.61 Å². The Balaban J connectivity index is 3.06. The van der Waals surface area contributed by atoms with E-state index in [0.29, 0.717) is 12.8 Å². The second-order valence-corrected chi connectivity index (χ2v) is 1.80. The zero-order valence-electron chi connectivity index (χ0n) is 5.59. The third kappa shape index (κ3) is 5.46. The molecular weight excluding hydrogens is 120 g/mol. The Kier molecular flexibility index (Phi) is 5.46. The summed E-state index contributed by atoms with van der Waals surface area (Å²) in [7, 11) is 1.48. The first-order valence-corrected chi connectivity index (χ1v) is 2.92. The fraction of sp³-hybridized carbons (Fsp3) is 0.833. The number of hydrogen-bond donors (Lipinski definition) is 1. The van der Waals surface area contributed by atoms with Crippen LogP contribution in [0.3, 0.4) is 0 Å². The molecule has 0 fully saturated rings. The van der Waals surface area contributed by atoms with E-state index >= 15 is 0 Å². The van der Waals surface area contributed by atoms with Gasteiger partial charge < -0.3 is 9.84 Å². The average molecular weight is 132 g/mol. The highest BCUT2D eigenvalue weighted by Gasteiger charge is 1.97. The van der Waals surface area contributed by atoms with E-state index in [1.54, 1.807) is 0 Å². The van der Waals surface area contributed by atoms with Gasteiger partial charge in [-0.25, -0.2) is 0 Å². The number of carbonyl (C=O) groups excluding carboxylic acids is 1. The quantitative estimate of drug-likeness (QED) is 0.571. The van der Waals surface area contributed by atoms with Crippen LogP contribution in [-0.4, -0.2) is 31.2 Å². The molecule has 0 saturated heterocycles. The Labute approximate surface area is 54.6 Å². The van der Waals surface area contributed by atoms with Crippen molar-refractivity contribution in [3.63, 3.8) is 0 Å². The highest BCUT2D eigenvalue weighted by Crippen LogP contribution is 1.88. The molecule has 0 spiro atoms. The van der Waals surface area contributed by atoms with E-state index in [-0.39, 0.29) is 19.0 Å². The molecule has 1 N–H and O–H groups in total. The van der Waals surface area contributed by atoms with Crippen LogP contribution in [0.15, 0.2) is 0 Å². The predicted molar refractivity (Wildman–Crippen MR) is 33.2 cm³/mol. The van der Waals surface area contributed by atoms with E-state index in [2.05, 4.69) is 4.74 Å². The molecule has 0 saturated carbocycles. The molecule has 54 valence electrons. The van der Waals surface area contributed by atoms with Crippen molar-refractivity contribution in [2.75, 3.05) is 20.3 Å². The molecule has 0 bridgehead atoms. The molecule has 9 heavy (non-hydrogen) atoms. The Morgan fingerprint density at radius 2 is 2.33 bits per heavy atom. The summed E-state index contributed by atoms with van der Waals surface area (Å²) in [5.41, 5.74) is 0. The van der Waals surface area contributed by atoms with Crippen LogP contribution in [0, 0.1) is 0 Å². The maximum absolute atomic E-state index is 10.6. The predicted octanol–water partition coefficient (Wildman–Crippen LogP) is -0.0256. The lowest BCUT2D eigenvalue weighted by atomic mass is 10.2. The smallest absolute Gasteiger partial charge is 0.158 e. The monoisotopic (exact) mass is 132 g/mol. The minimum Gasteiger partial charge on any atom is -0.396 e. The topological polar surface area (TPSA) is 46.5 Å². The highest BCUT2D eigenvalue weighted by atomic mass is 16.5. The zero-order chi connectivity index (χ0) is 7.11. The maximum atomic E-state index is 10.6.